The van der Waals surface area contributed by atoms with Crippen LogP contribution in [-0.2, 0) is 14.4 Å². The zero-order chi connectivity index (χ0) is 14.7. The van der Waals surface area contributed by atoms with Crippen LogP contribution in [0.1, 0.15) is 39.0 Å². The average Bonchev–Trinajstić information content (AvgIpc) is 2.87. The maximum atomic E-state index is 12.4. The molecule has 6 nitrogen and oxygen atoms in total. The molecule has 0 aromatic carbocycles. The molecule has 112 valence electrons. The SMILES string of the molecule is CC(=O)NC1CCN(C(=O)[C@@H]2CCC[C@@H]2C(=O)O)CC1. The van der Waals surface area contributed by atoms with Crippen molar-refractivity contribution in [2.45, 2.75) is 45.1 Å². The zero-order valence-electron chi connectivity index (χ0n) is 11.8. The number of rotatable bonds is 3. The smallest absolute Gasteiger partial charge is 0.307 e. The fraction of sp³-hybridized carbons (Fsp3) is 0.786. The van der Waals surface area contributed by atoms with E-state index in [0.717, 1.165) is 19.3 Å². The molecule has 0 spiro atoms. The normalized spacial score (nSPS) is 27.4. The van der Waals surface area contributed by atoms with Crippen molar-refractivity contribution in [3.63, 3.8) is 0 Å². The molecule has 2 fully saturated rings. The van der Waals surface area contributed by atoms with E-state index >= 15 is 0 Å². The monoisotopic (exact) mass is 282 g/mol. The van der Waals surface area contributed by atoms with E-state index in [9.17, 15) is 14.4 Å². The largest absolute Gasteiger partial charge is 0.481 e. The lowest BCUT2D eigenvalue weighted by molar-refractivity contribution is -0.149. The van der Waals surface area contributed by atoms with Crippen LogP contribution < -0.4 is 5.32 Å². The molecule has 1 saturated heterocycles. The minimum absolute atomic E-state index is 0.0174. The predicted molar refractivity (Wildman–Crippen MR) is 71.9 cm³/mol. The first-order chi connectivity index (χ1) is 9.49. The van der Waals surface area contributed by atoms with Gasteiger partial charge in [0, 0.05) is 26.1 Å². The number of carboxylic acids is 1. The Bertz CT molecular complexity index is 402. The molecule has 0 bridgehead atoms. The van der Waals surface area contributed by atoms with E-state index in [0.29, 0.717) is 25.9 Å². The highest BCUT2D eigenvalue weighted by Crippen LogP contribution is 2.33. The van der Waals surface area contributed by atoms with Gasteiger partial charge in [0.25, 0.3) is 0 Å². The fourth-order valence-electron chi connectivity index (χ4n) is 3.32. The molecule has 0 aromatic heterocycles. The van der Waals surface area contributed by atoms with Gasteiger partial charge in [0.05, 0.1) is 11.8 Å². The summed E-state index contributed by atoms with van der Waals surface area (Å²) in [6, 6.07) is 0.135. The Balaban J connectivity index is 1.88. The van der Waals surface area contributed by atoms with Gasteiger partial charge in [-0.3, -0.25) is 14.4 Å². The Morgan fingerprint density at radius 1 is 1.05 bits per heavy atom. The Hall–Kier alpha value is -1.59. The van der Waals surface area contributed by atoms with Crippen LogP contribution in [0.5, 0.6) is 0 Å². The number of carboxylic acid groups (broad SMARTS) is 1. The molecule has 1 aliphatic heterocycles. The van der Waals surface area contributed by atoms with Gasteiger partial charge >= 0.3 is 5.97 Å². The van der Waals surface area contributed by atoms with Gasteiger partial charge < -0.3 is 15.3 Å². The molecule has 1 heterocycles. The number of hydrogen-bond acceptors (Lipinski definition) is 3. The van der Waals surface area contributed by atoms with E-state index in [1.807, 2.05) is 0 Å². The number of aliphatic carboxylic acids is 1. The third-order valence-electron chi connectivity index (χ3n) is 4.36. The molecule has 0 unspecified atom stereocenters. The lowest BCUT2D eigenvalue weighted by Gasteiger charge is -2.34. The second kappa shape index (κ2) is 6.24. The molecule has 0 radical (unpaired) electrons. The van der Waals surface area contributed by atoms with Crippen LogP contribution in [0.4, 0.5) is 0 Å². The number of hydrogen-bond donors (Lipinski definition) is 2. The third kappa shape index (κ3) is 3.29. The highest BCUT2D eigenvalue weighted by Gasteiger charge is 2.40. The summed E-state index contributed by atoms with van der Waals surface area (Å²) in [5, 5.41) is 12.0. The average molecular weight is 282 g/mol. The first kappa shape index (κ1) is 14.8. The molecule has 0 aromatic rings. The van der Waals surface area contributed by atoms with E-state index in [2.05, 4.69) is 5.32 Å². The fourth-order valence-corrected chi connectivity index (χ4v) is 3.32. The van der Waals surface area contributed by atoms with Gasteiger partial charge in [0.15, 0.2) is 0 Å². The second-order valence-electron chi connectivity index (χ2n) is 5.78. The first-order valence-electron chi connectivity index (χ1n) is 7.27. The van der Waals surface area contributed by atoms with E-state index in [-0.39, 0.29) is 23.8 Å². The summed E-state index contributed by atoms with van der Waals surface area (Å²) in [4.78, 5) is 36.3. The van der Waals surface area contributed by atoms with Crippen molar-refractivity contribution in [3.05, 3.63) is 0 Å². The molecular weight excluding hydrogens is 260 g/mol. The second-order valence-corrected chi connectivity index (χ2v) is 5.78. The van der Waals surface area contributed by atoms with Crippen molar-refractivity contribution in [1.29, 1.82) is 0 Å². The van der Waals surface area contributed by atoms with Crippen molar-refractivity contribution in [1.82, 2.24) is 10.2 Å². The van der Waals surface area contributed by atoms with Gasteiger partial charge in [-0.15, -0.1) is 0 Å². The van der Waals surface area contributed by atoms with Crippen molar-refractivity contribution < 1.29 is 19.5 Å². The van der Waals surface area contributed by atoms with Gasteiger partial charge in [-0.25, -0.2) is 0 Å². The van der Waals surface area contributed by atoms with Gasteiger partial charge in [-0.05, 0) is 25.7 Å². The molecule has 6 heteroatoms. The molecule has 2 atom stereocenters. The van der Waals surface area contributed by atoms with Gasteiger partial charge in [-0.2, -0.15) is 0 Å². The number of carbonyl (C=O) groups excluding carboxylic acids is 2. The van der Waals surface area contributed by atoms with E-state index in [4.69, 9.17) is 5.11 Å². The number of likely N-dealkylation sites (tertiary alicyclic amines) is 1. The standard InChI is InChI=1S/C14H22N2O4/c1-9(17)15-10-5-7-16(8-6-10)13(18)11-3-2-4-12(11)14(19)20/h10-12H,2-8H2,1H3,(H,15,17)(H,19,20)/t11-,12+/m1/s1. The van der Waals surface area contributed by atoms with Crippen LogP contribution in [0.3, 0.4) is 0 Å². The number of nitrogens with one attached hydrogen (secondary N) is 1. The topological polar surface area (TPSA) is 86.7 Å². The van der Waals surface area contributed by atoms with Crippen molar-refractivity contribution in [2.75, 3.05) is 13.1 Å². The lowest BCUT2D eigenvalue weighted by atomic mass is 9.93. The van der Waals surface area contributed by atoms with Crippen molar-refractivity contribution >= 4 is 17.8 Å². The molecule has 1 aliphatic carbocycles. The molecular formula is C14H22N2O4. The minimum atomic E-state index is -0.853. The molecule has 2 N–H and O–H groups in total. The number of carbonyl (C=O) groups is 3. The van der Waals surface area contributed by atoms with Crippen LogP contribution in [0, 0.1) is 11.8 Å². The zero-order valence-corrected chi connectivity index (χ0v) is 11.8. The highest BCUT2D eigenvalue weighted by atomic mass is 16.4. The highest BCUT2D eigenvalue weighted by molar-refractivity contribution is 5.85. The van der Waals surface area contributed by atoms with E-state index < -0.39 is 11.9 Å². The number of nitrogens with zero attached hydrogens (tertiary/aromatic N) is 1. The Morgan fingerprint density at radius 2 is 1.65 bits per heavy atom. The summed E-state index contributed by atoms with van der Waals surface area (Å²) in [6.07, 6.45) is 3.59. The molecule has 1 saturated carbocycles. The third-order valence-corrected chi connectivity index (χ3v) is 4.36. The van der Waals surface area contributed by atoms with Crippen molar-refractivity contribution in [2.24, 2.45) is 11.8 Å². The summed E-state index contributed by atoms with van der Waals surface area (Å²) in [5.41, 5.74) is 0. The summed E-state index contributed by atoms with van der Waals surface area (Å²) in [5.74, 6) is -1.79. The molecule has 2 rings (SSSR count). The van der Waals surface area contributed by atoms with E-state index in [1.54, 1.807) is 4.90 Å². The van der Waals surface area contributed by atoms with Crippen molar-refractivity contribution in [3.8, 4) is 0 Å². The van der Waals surface area contributed by atoms with E-state index in [1.165, 1.54) is 6.92 Å². The maximum Gasteiger partial charge on any atom is 0.307 e. The summed E-state index contributed by atoms with van der Waals surface area (Å²) < 4.78 is 0. The first-order valence-corrected chi connectivity index (χ1v) is 7.27. The molecule has 2 amide bonds. The maximum absolute atomic E-state index is 12.4. The Kier molecular flexibility index (Phi) is 4.62. The summed E-state index contributed by atoms with van der Waals surface area (Å²) in [7, 11) is 0. The molecule has 2 aliphatic rings. The molecule has 20 heavy (non-hydrogen) atoms. The van der Waals surface area contributed by atoms with Gasteiger partial charge in [0.2, 0.25) is 11.8 Å². The predicted octanol–water partition coefficient (Wildman–Crippen LogP) is 0.614. The van der Waals surface area contributed by atoms with Crippen LogP contribution >= 0.6 is 0 Å². The van der Waals surface area contributed by atoms with Crippen LogP contribution in [0.2, 0.25) is 0 Å². The van der Waals surface area contributed by atoms with Crippen LogP contribution in [-0.4, -0.2) is 46.9 Å². The van der Waals surface area contributed by atoms with Gasteiger partial charge in [-0.1, -0.05) is 6.42 Å². The summed E-state index contributed by atoms with van der Waals surface area (Å²) in [6.45, 7) is 2.70. The Labute approximate surface area is 118 Å². The van der Waals surface area contributed by atoms with Gasteiger partial charge in [0.1, 0.15) is 0 Å². The van der Waals surface area contributed by atoms with Crippen LogP contribution in [0.15, 0.2) is 0 Å². The number of piperidine rings is 1. The number of amides is 2. The summed E-state index contributed by atoms with van der Waals surface area (Å²) >= 11 is 0. The minimum Gasteiger partial charge on any atom is -0.481 e. The van der Waals surface area contributed by atoms with Crippen LogP contribution in [0.25, 0.3) is 0 Å². The quantitative estimate of drug-likeness (QED) is 0.794. The Morgan fingerprint density at radius 3 is 2.20 bits per heavy atom. The lowest BCUT2D eigenvalue weighted by Crippen LogP contribution is -2.48.